The first kappa shape index (κ1) is 47.6. The molecule has 26 heteroatoms. The summed E-state index contributed by atoms with van der Waals surface area (Å²) in [4.78, 5) is 33.9. The Hall–Kier alpha value is -6.47. The van der Waals surface area contributed by atoms with E-state index < -0.39 is 144 Å². The summed E-state index contributed by atoms with van der Waals surface area (Å²) >= 11 is 6.52. The van der Waals surface area contributed by atoms with Crippen LogP contribution in [0.3, 0.4) is 0 Å². The molecular formula is C43H32ClF9N8O6S2. The molecular weight excluding hydrogens is 995 g/mol. The third-order valence-corrected chi connectivity index (χ3v) is 13.7. The van der Waals surface area contributed by atoms with E-state index in [0.717, 1.165) is 30.5 Å². The van der Waals surface area contributed by atoms with Crippen molar-refractivity contribution in [3.63, 3.8) is 0 Å². The quantitative estimate of drug-likeness (QED) is 0.108. The number of carbonyl (C=O) groups is 1. The largest absolute Gasteiger partial charge is 0.408 e. The van der Waals surface area contributed by atoms with Gasteiger partial charge >= 0.3 is 6.18 Å². The van der Waals surface area contributed by atoms with Crippen LogP contribution in [0.4, 0.5) is 45.3 Å². The van der Waals surface area contributed by atoms with Gasteiger partial charge in [0, 0.05) is 35.8 Å². The van der Waals surface area contributed by atoms with Gasteiger partial charge in [0.2, 0.25) is 15.9 Å². The molecule has 3 heterocycles. The number of hydrogen-bond donors (Lipinski definition) is 2. The molecule has 2 aliphatic carbocycles. The van der Waals surface area contributed by atoms with Crippen molar-refractivity contribution in [1.82, 2.24) is 34.4 Å². The van der Waals surface area contributed by atoms with Gasteiger partial charge in [0.05, 0.1) is 49.7 Å². The average Bonchev–Trinajstić information content (AvgIpc) is 3.76. The lowest BCUT2D eigenvalue weighted by molar-refractivity contribution is -0.141. The van der Waals surface area contributed by atoms with Crippen molar-refractivity contribution in [3.8, 4) is 16.8 Å². The number of aromatic nitrogens is 6. The van der Waals surface area contributed by atoms with Crippen LogP contribution in [-0.2, 0) is 50.1 Å². The standard InChI is InChI=1S/C43H32ClF9N8O6S2/c1-68(64,65)31-6-4-3-5-23(31)20-7-8-24-28(14-20)55-40(61(41(24)63)30-10-9-27(44)34-36(30)60(18-42(49,50)51)57-39(34)58-69(2,66)67)29(13-19-11-21(45)15-22(46)12-19)54-32(62)17-59-37-33(35(56-59)38(47)48)25-16-26(25)43(37,52)53/h3-12,14-15,25-26,29,38H,13,16-18H2,1-2H3,(H,54,62)(H,57,58)/t25-,26+,29-/m0/s1. The summed E-state index contributed by atoms with van der Waals surface area (Å²) in [6.45, 7) is -3.06. The fourth-order valence-electron chi connectivity index (χ4n) is 8.96. The molecule has 0 aliphatic heterocycles. The van der Waals surface area contributed by atoms with Crippen molar-refractivity contribution in [3.05, 3.63) is 128 Å². The molecule has 3 aromatic heterocycles. The van der Waals surface area contributed by atoms with Crippen LogP contribution in [0.2, 0.25) is 5.02 Å². The maximum Gasteiger partial charge on any atom is 0.408 e. The van der Waals surface area contributed by atoms with Gasteiger partial charge in [-0.05, 0) is 65.9 Å². The molecule has 69 heavy (non-hydrogen) atoms. The molecule has 0 radical (unpaired) electrons. The zero-order valence-electron chi connectivity index (χ0n) is 35.3. The number of benzene rings is 4. The Balaban J connectivity index is 1.31. The summed E-state index contributed by atoms with van der Waals surface area (Å²) in [5, 5.41) is 8.90. The molecule has 1 amide bonds. The first-order valence-electron chi connectivity index (χ1n) is 20.3. The van der Waals surface area contributed by atoms with E-state index in [1.165, 1.54) is 42.5 Å². The van der Waals surface area contributed by atoms with Crippen LogP contribution in [0.1, 0.15) is 53.1 Å². The van der Waals surface area contributed by atoms with Gasteiger partial charge in [-0.25, -0.2) is 39.4 Å². The number of nitrogens with one attached hydrogen (secondary N) is 2. The van der Waals surface area contributed by atoms with Gasteiger partial charge in [-0.1, -0.05) is 35.9 Å². The lowest BCUT2D eigenvalue weighted by atomic mass is 10.0. The Morgan fingerprint density at radius 2 is 1.64 bits per heavy atom. The fourth-order valence-corrected chi connectivity index (χ4v) is 10.6. The number of alkyl halides is 7. The number of sulfone groups is 1. The molecule has 362 valence electrons. The molecule has 1 saturated carbocycles. The molecule has 3 atom stereocenters. The molecule has 2 aliphatic rings. The van der Waals surface area contributed by atoms with Crippen LogP contribution in [0.15, 0.2) is 82.5 Å². The van der Waals surface area contributed by atoms with Crippen molar-refractivity contribution in [2.45, 2.75) is 61.3 Å². The van der Waals surface area contributed by atoms with Crippen LogP contribution in [0.5, 0.6) is 0 Å². The molecule has 9 rings (SSSR count). The van der Waals surface area contributed by atoms with Gasteiger partial charge < -0.3 is 5.32 Å². The van der Waals surface area contributed by atoms with Crippen molar-refractivity contribution in [2.24, 2.45) is 5.92 Å². The van der Waals surface area contributed by atoms with Gasteiger partial charge in [0.25, 0.3) is 17.9 Å². The normalized spacial score (nSPS) is 17.1. The first-order chi connectivity index (χ1) is 32.2. The third-order valence-electron chi connectivity index (χ3n) is 11.6. The number of halogens is 10. The molecule has 1 fully saturated rings. The lowest BCUT2D eigenvalue weighted by Crippen LogP contribution is -2.38. The molecule has 2 N–H and O–H groups in total. The lowest BCUT2D eigenvalue weighted by Gasteiger charge is -2.24. The minimum atomic E-state index is -5.05. The minimum Gasteiger partial charge on any atom is -0.344 e. The summed E-state index contributed by atoms with van der Waals surface area (Å²) < 4.78 is 186. The summed E-state index contributed by atoms with van der Waals surface area (Å²) in [6, 6.07) is 12.1. The molecule has 0 bridgehead atoms. The van der Waals surface area contributed by atoms with E-state index in [2.05, 4.69) is 20.5 Å². The Kier molecular flexibility index (Phi) is 11.5. The number of rotatable bonds is 13. The second kappa shape index (κ2) is 16.6. The van der Waals surface area contributed by atoms with Crippen LogP contribution in [-0.4, -0.2) is 70.5 Å². The summed E-state index contributed by atoms with van der Waals surface area (Å²) in [5.74, 6) is -10.7. The maximum absolute atomic E-state index is 15.6. The molecule has 7 aromatic rings. The van der Waals surface area contributed by atoms with E-state index in [1.807, 2.05) is 4.72 Å². The zero-order valence-corrected chi connectivity index (χ0v) is 37.7. The van der Waals surface area contributed by atoms with E-state index in [1.54, 1.807) is 0 Å². The van der Waals surface area contributed by atoms with E-state index >= 15 is 13.6 Å². The van der Waals surface area contributed by atoms with Crippen molar-refractivity contribution >= 4 is 65.0 Å². The van der Waals surface area contributed by atoms with Crippen molar-refractivity contribution in [1.29, 1.82) is 0 Å². The van der Waals surface area contributed by atoms with E-state index in [-0.39, 0.29) is 43.9 Å². The highest BCUT2D eigenvalue weighted by Crippen LogP contribution is 2.68. The van der Waals surface area contributed by atoms with Crippen LogP contribution in [0, 0.1) is 17.6 Å². The number of sulfonamides is 1. The second-order valence-corrected chi connectivity index (χ2v) is 20.8. The van der Waals surface area contributed by atoms with Gasteiger partial charge in [-0.3, -0.25) is 28.2 Å². The number of amides is 1. The second-order valence-electron chi connectivity index (χ2n) is 16.7. The Bertz CT molecular complexity index is 3580. The number of fused-ring (bicyclic) bond motifs is 5. The highest BCUT2D eigenvalue weighted by atomic mass is 35.5. The predicted molar refractivity (Wildman–Crippen MR) is 232 cm³/mol. The van der Waals surface area contributed by atoms with Gasteiger partial charge in [-0.2, -0.15) is 32.1 Å². The summed E-state index contributed by atoms with van der Waals surface area (Å²) in [6.07, 6.45) is -7.55. The highest BCUT2D eigenvalue weighted by molar-refractivity contribution is 7.92. The topological polar surface area (TPSA) is 180 Å². The molecule has 0 spiro atoms. The molecule has 0 saturated heterocycles. The number of anilines is 1. The maximum atomic E-state index is 15.6. The molecule has 4 aromatic carbocycles. The summed E-state index contributed by atoms with van der Waals surface area (Å²) in [7, 11) is -8.16. The van der Waals surface area contributed by atoms with Crippen LogP contribution in [0.25, 0.3) is 38.6 Å². The van der Waals surface area contributed by atoms with E-state index in [0.29, 0.717) is 26.3 Å². The van der Waals surface area contributed by atoms with Crippen molar-refractivity contribution in [2.75, 3.05) is 17.2 Å². The Morgan fingerprint density at radius 1 is 0.942 bits per heavy atom. The fraction of sp³-hybridized carbons (Fsp3) is 0.279. The third kappa shape index (κ3) is 8.90. The van der Waals surface area contributed by atoms with Gasteiger partial charge in [-0.15, -0.1) is 0 Å². The molecule has 14 nitrogen and oxygen atoms in total. The Morgan fingerprint density at radius 3 is 2.29 bits per heavy atom. The number of nitrogens with zero attached hydrogens (tertiary/aromatic N) is 6. The van der Waals surface area contributed by atoms with Gasteiger partial charge in [0.15, 0.2) is 15.7 Å². The van der Waals surface area contributed by atoms with Gasteiger partial charge in [0.1, 0.15) is 41.9 Å². The highest BCUT2D eigenvalue weighted by Gasteiger charge is 2.67. The zero-order chi connectivity index (χ0) is 49.9. The predicted octanol–water partition coefficient (Wildman–Crippen LogP) is 8.11. The van der Waals surface area contributed by atoms with E-state index in [4.69, 9.17) is 11.6 Å². The van der Waals surface area contributed by atoms with E-state index in [9.17, 15) is 52.4 Å². The number of hydrogen-bond acceptors (Lipinski definition) is 9. The summed E-state index contributed by atoms with van der Waals surface area (Å²) in [5.41, 5.74) is -4.69. The Labute approximate surface area is 388 Å². The minimum absolute atomic E-state index is 0.0950. The van der Waals surface area contributed by atoms with Crippen molar-refractivity contribution < 1.29 is 61.1 Å². The number of carbonyl (C=O) groups excluding carboxylic acids is 1. The molecule has 0 unspecified atom stereocenters. The van der Waals surface area contributed by atoms with Crippen LogP contribution >= 0.6 is 11.6 Å². The smallest absolute Gasteiger partial charge is 0.344 e. The SMILES string of the molecule is CS(=O)(=O)Nc1nn(CC(F)(F)F)c2c(-n3c([C@H](Cc4cc(F)cc(F)c4)NC(=O)Cn4nc(C(F)F)c5c4C(F)(F)[C@@H]4C[C@H]54)nc4cc(-c5ccccc5S(C)(=O)=O)ccc4c3=O)ccc(Cl)c12. The first-order valence-corrected chi connectivity index (χ1v) is 24.5. The average molecular weight is 1030 g/mol. The van der Waals surface area contributed by atoms with Crippen LogP contribution < -0.4 is 15.6 Å². The monoisotopic (exact) mass is 1030 g/mol.